The van der Waals surface area contributed by atoms with E-state index in [2.05, 4.69) is 10.2 Å². The van der Waals surface area contributed by atoms with Crippen LogP contribution in [-0.4, -0.2) is 61.3 Å². The van der Waals surface area contributed by atoms with Crippen molar-refractivity contribution in [3.05, 3.63) is 23.8 Å². The number of nitrogens with zero attached hydrogens (tertiary/aromatic N) is 1. The van der Waals surface area contributed by atoms with Gasteiger partial charge in [-0.15, -0.1) is 0 Å². The highest BCUT2D eigenvalue weighted by atomic mass is 16.5. The van der Waals surface area contributed by atoms with E-state index >= 15 is 0 Å². The van der Waals surface area contributed by atoms with Crippen LogP contribution < -0.4 is 14.8 Å². The number of nitrogens with one attached hydrogen (secondary N) is 1. The minimum absolute atomic E-state index is 0.00330. The van der Waals surface area contributed by atoms with Crippen molar-refractivity contribution in [1.82, 2.24) is 10.2 Å². The van der Waals surface area contributed by atoms with Gasteiger partial charge in [0, 0.05) is 19.5 Å². The molecule has 1 fully saturated rings. The number of carboxylic acid groups (broad SMARTS) is 1. The minimum atomic E-state index is -0.966. The second-order valence-electron chi connectivity index (χ2n) is 6.61. The number of carbonyl (C=O) groups is 2. The molecule has 0 spiro atoms. The van der Waals surface area contributed by atoms with Crippen molar-refractivity contribution < 1.29 is 24.2 Å². The van der Waals surface area contributed by atoms with Gasteiger partial charge in [-0.3, -0.25) is 14.5 Å². The highest BCUT2D eigenvalue weighted by Gasteiger charge is 2.12. The molecule has 0 aliphatic carbocycles. The van der Waals surface area contributed by atoms with Crippen molar-refractivity contribution >= 4 is 11.9 Å². The number of rotatable bonds is 12. The van der Waals surface area contributed by atoms with E-state index in [4.69, 9.17) is 14.6 Å². The number of ether oxygens (including phenoxy) is 2. The first-order valence-electron chi connectivity index (χ1n) is 9.68. The quantitative estimate of drug-likeness (QED) is 0.579. The number of carbonyl (C=O) groups excluding carboxylic acids is 1. The summed E-state index contributed by atoms with van der Waals surface area (Å²) in [6.45, 7) is 6.81. The van der Waals surface area contributed by atoms with Crippen LogP contribution in [0.25, 0.3) is 0 Å². The Morgan fingerprint density at radius 3 is 2.63 bits per heavy atom. The fourth-order valence-corrected chi connectivity index (χ4v) is 3.04. The number of amides is 1. The molecule has 1 saturated heterocycles. The van der Waals surface area contributed by atoms with Crippen LogP contribution in [0.4, 0.5) is 0 Å². The van der Waals surface area contributed by atoms with Gasteiger partial charge in [0.2, 0.25) is 5.91 Å². The van der Waals surface area contributed by atoms with Crippen molar-refractivity contribution in [2.45, 2.75) is 39.0 Å². The van der Waals surface area contributed by atoms with Crippen LogP contribution in [0.1, 0.15) is 38.2 Å². The highest BCUT2D eigenvalue weighted by Crippen LogP contribution is 2.28. The fraction of sp³-hybridized carbons (Fsp3) is 0.600. The maximum absolute atomic E-state index is 11.6. The van der Waals surface area contributed by atoms with Gasteiger partial charge in [0.05, 0.1) is 13.0 Å². The van der Waals surface area contributed by atoms with Crippen LogP contribution in [0.3, 0.4) is 0 Å². The molecule has 1 aliphatic heterocycles. The molecule has 7 nitrogen and oxygen atoms in total. The van der Waals surface area contributed by atoms with E-state index in [9.17, 15) is 9.59 Å². The fourth-order valence-electron chi connectivity index (χ4n) is 3.04. The molecule has 2 N–H and O–H groups in total. The molecule has 0 radical (unpaired) electrons. The lowest BCUT2D eigenvalue weighted by Crippen LogP contribution is -2.26. The number of likely N-dealkylation sites (tertiary alicyclic amines) is 1. The molecule has 27 heavy (non-hydrogen) atoms. The van der Waals surface area contributed by atoms with E-state index in [1.807, 2.05) is 25.1 Å². The van der Waals surface area contributed by atoms with E-state index in [-0.39, 0.29) is 18.7 Å². The molecule has 1 heterocycles. The van der Waals surface area contributed by atoms with E-state index in [0.29, 0.717) is 31.9 Å². The largest absolute Gasteiger partial charge is 0.490 e. The van der Waals surface area contributed by atoms with Crippen molar-refractivity contribution in [2.24, 2.45) is 0 Å². The van der Waals surface area contributed by atoms with Gasteiger partial charge in [-0.05, 0) is 57.0 Å². The highest BCUT2D eigenvalue weighted by molar-refractivity contribution is 5.80. The van der Waals surface area contributed by atoms with E-state index in [0.717, 1.165) is 30.9 Å². The normalized spacial score (nSPS) is 14.1. The Balaban J connectivity index is 1.80. The van der Waals surface area contributed by atoms with Crippen LogP contribution in [-0.2, 0) is 16.0 Å². The van der Waals surface area contributed by atoms with Crippen LogP contribution >= 0.6 is 0 Å². The average Bonchev–Trinajstić information content (AvgIpc) is 3.15. The third kappa shape index (κ3) is 7.86. The average molecular weight is 378 g/mol. The first-order chi connectivity index (χ1) is 13.1. The van der Waals surface area contributed by atoms with Gasteiger partial charge in [-0.2, -0.15) is 0 Å². The first kappa shape index (κ1) is 21.0. The third-order valence-corrected chi connectivity index (χ3v) is 4.47. The number of benzene rings is 1. The second kappa shape index (κ2) is 11.4. The van der Waals surface area contributed by atoms with Crippen LogP contribution in [0.2, 0.25) is 0 Å². The van der Waals surface area contributed by atoms with E-state index < -0.39 is 5.97 Å². The summed E-state index contributed by atoms with van der Waals surface area (Å²) in [5, 5.41) is 11.3. The maximum atomic E-state index is 11.6. The lowest BCUT2D eigenvalue weighted by molar-refractivity contribution is -0.138. The van der Waals surface area contributed by atoms with Crippen LogP contribution in [0.5, 0.6) is 11.5 Å². The van der Waals surface area contributed by atoms with E-state index in [1.165, 1.54) is 12.8 Å². The lowest BCUT2D eigenvalue weighted by atomic mass is 10.1. The van der Waals surface area contributed by atoms with Gasteiger partial charge in [-0.25, -0.2) is 0 Å². The van der Waals surface area contributed by atoms with Crippen molar-refractivity contribution in [1.29, 1.82) is 0 Å². The molecule has 0 aromatic heterocycles. The third-order valence-electron chi connectivity index (χ3n) is 4.47. The molecule has 0 saturated carbocycles. The van der Waals surface area contributed by atoms with Gasteiger partial charge >= 0.3 is 5.97 Å². The second-order valence-corrected chi connectivity index (χ2v) is 6.61. The molecule has 1 aromatic carbocycles. The Labute approximate surface area is 160 Å². The molecular formula is C20H30N2O5. The Morgan fingerprint density at radius 1 is 1.15 bits per heavy atom. The predicted molar refractivity (Wildman–Crippen MR) is 102 cm³/mol. The molecule has 7 heteroatoms. The zero-order chi connectivity index (χ0) is 19.5. The van der Waals surface area contributed by atoms with Crippen LogP contribution in [0.15, 0.2) is 18.2 Å². The molecule has 0 unspecified atom stereocenters. The summed E-state index contributed by atoms with van der Waals surface area (Å²) in [6.07, 6.45) is 3.04. The predicted octanol–water partition coefficient (Wildman–Crippen LogP) is 2.08. The zero-order valence-corrected chi connectivity index (χ0v) is 16.0. The SMILES string of the molecule is CCOc1cc(CCNC(=O)CCC(=O)O)ccc1OCCN1CCCC1. The van der Waals surface area contributed by atoms with Crippen molar-refractivity contribution in [2.75, 3.05) is 39.4 Å². The van der Waals surface area contributed by atoms with Gasteiger partial charge in [0.1, 0.15) is 6.61 Å². The summed E-state index contributed by atoms with van der Waals surface area (Å²) in [5.41, 5.74) is 1.03. The summed E-state index contributed by atoms with van der Waals surface area (Å²) < 4.78 is 11.6. The standard InChI is InChI=1S/C20H30N2O5/c1-2-26-18-15-16(9-10-21-19(23)7-8-20(24)25)5-6-17(18)27-14-13-22-11-3-4-12-22/h5-6,15H,2-4,7-14H2,1H3,(H,21,23)(H,24,25). The molecular weight excluding hydrogens is 348 g/mol. The van der Waals surface area contributed by atoms with Crippen molar-refractivity contribution in [3.63, 3.8) is 0 Å². The summed E-state index contributed by atoms with van der Waals surface area (Å²) in [6, 6.07) is 5.83. The monoisotopic (exact) mass is 378 g/mol. The first-order valence-corrected chi connectivity index (χ1v) is 9.68. The molecule has 0 bridgehead atoms. The number of hydrogen-bond donors (Lipinski definition) is 2. The number of aliphatic carboxylic acids is 1. The van der Waals surface area contributed by atoms with Gasteiger partial charge in [-0.1, -0.05) is 6.07 Å². The molecule has 2 rings (SSSR count). The van der Waals surface area contributed by atoms with Gasteiger partial charge in [0.15, 0.2) is 11.5 Å². The Morgan fingerprint density at radius 2 is 1.93 bits per heavy atom. The summed E-state index contributed by atoms with van der Waals surface area (Å²) in [4.78, 5) is 24.4. The maximum Gasteiger partial charge on any atom is 0.303 e. The Bertz CT molecular complexity index is 614. The summed E-state index contributed by atoms with van der Waals surface area (Å²) >= 11 is 0. The van der Waals surface area contributed by atoms with Gasteiger partial charge < -0.3 is 19.9 Å². The molecule has 1 amide bonds. The topological polar surface area (TPSA) is 88.1 Å². The van der Waals surface area contributed by atoms with Crippen molar-refractivity contribution in [3.8, 4) is 11.5 Å². The lowest BCUT2D eigenvalue weighted by Gasteiger charge is -2.17. The summed E-state index contributed by atoms with van der Waals surface area (Å²) in [5.74, 6) is 0.245. The molecule has 1 aliphatic rings. The number of hydrogen-bond acceptors (Lipinski definition) is 5. The molecule has 1 aromatic rings. The summed E-state index contributed by atoms with van der Waals surface area (Å²) in [7, 11) is 0. The van der Waals surface area contributed by atoms with Crippen LogP contribution in [0, 0.1) is 0 Å². The smallest absolute Gasteiger partial charge is 0.303 e. The van der Waals surface area contributed by atoms with E-state index in [1.54, 1.807) is 0 Å². The minimum Gasteiger partial charge on any atom is -0.490 e. The molecule has 0 atom stereocenters. The molecule has 150 valence electrons. The zero-order valence-electron chi connectivity index (χ0n) is 16.0. The number of carboxylic acids is 1. The van der Waals surface area contributed by atoms with Gasteiger partial charge in [0.25, 0.3) is 0 Å². The Kier molecular flexibility index (Phi) is 8.91. The Hall–Kier alpha value is -2.28.